The molecule has 1 saturated heterocycles. The fourth-order valence-corrected chi connectivity index (χ4v) is 3.11. The maximum Gasteiger partial charge on any atom is 0.251 e. The van der Waals surface area contributed by atoms with E-state index in [1.165, 1.54) is 32.4 Å². The summed E-state index contributed by atoms with van der Waals surface area (Å²) in [7, 11) is 0. The van der Waals surface area contributed by atoms with E-state index in [9.17, 15) is 4.79 Å². The van der Waals surface area contributed by atoms with Crippen LogP contribution in [0.1, 0.15) is 43.0 Å². The minimum atomic E-state index is 0.0270. The minimum absolute atomic E-state index is 0.0270. The molecule has 2 rings (SSSR count). The molecule has 1 amide bonds. The van der Waals surface area contributed by atoms with Gasteiger partial charge in [-0.25, -0.2) is 0 Å². The van der Waals surface area contributed by atoms with E-state index in [2.05, 4.69) is 28.2 Å². The monoisotopic (exact) mass is 339 g/mol. The van der Waals surface area contributed by atoms with Gasteiger partial charge in [0, 0.05) is 23.0 Å². The summed E-state index contributed by atoms with van der Waals surface area (Å²) in [6, 6.07) is 8.27. The Bertz CT molecular complexity index is 433. The van der Waals surface area contributed by atoms with Crippen molar-refractivity contribution in [2.45, 2.75) is 38.6 Å². The van der Waals surface area contributed by atoms with Gasteiger partial charge in [-0.1, -0.05) is 15.9 Å². The first-order valence-corrected chi connectivity index (χ1v) is 8.34. The summed E-state index contributed by atoms with van der Waals surface area (Å²) in [6.45, 7) is 5.57. The van der Waals surface area contributed by atoms with Crippen molar-refractivity contribution in [2.75, 3.05) is 19.6 Å². The average Bonchev–Trinajstić information content (AvgIpc) is 2.46. The molecule has 0 aromatic heterocycles. The van der Waals surface area contributed by atoms with Gasteiger partial charge in [0.2, 0.25) is 0 Å². The number of piperidine rings is 1. The molecule has 1 fully saturated rings. The lowest BCUT2D eigenvalue weighted by Gasteiger charge is -2.30. The van der Waals surface area contributed by atoms with Crippen LogP contribution in [0.15, 0.2) is 28.7 Å². The van der Waals surface area contributed by atoms with Crippen molar-refractivity contribution in [3.05, 3.63) is 34.3 Å². The highest BCUT2D eigenvalue weighted by Crippen LogP contribution is 2.10. The van der Waals surface area contributed by atoms with Gasteiger partial charge in [-0.15, -0.1) is 0 Å². The summed E-state index contributed by atoms with van der Waals surface area (Å²) < 4.78 is 0.997. The zero-order valence-corrected chi connectivity index (χ0v) is 13.7. The molecular weight excluding hydrogens is 316 g/mol. The number of hydrogen-bond donors (Lipinski definition) is 2. The zero-order chi connectivity index (χ0) is 14.4. The number of quaternary nitrogens is 1. The summed E-state index contributed by atoms with van der Waals surface area (Å²) >= 11 is 3.37. The lowest BCUT2D eigenvalue weighted by Crippen LogP contribution is -3.16. The minimum Gasteiger partial charge on any atom is -0.352 e. The van der Waals surface area contributed by atoms with E-state index in [-0.39, 0.29) is 5.91 Å². The van der Waals surface area contributed by atoms with Gasteiger partial charge in [0.25, 0.3) is 5.91 Å². The third-order valence-electron chi connectivity index (χ3n) is 4.15. The summed E-state index contributed by atoms with van der Waals surface area (Å²) in [6.07, 6.45) is 5.14. The molecule has 1 heterocycles. The van der Waals surface area contributed by atoms with Crippen molar-refractivity contribution in [1.29, 1.82) is 0 Å². The molecule has 1 aliphatic rings. The van der Waals surface area contributed by atoms with Crippen molar-refractivity contribution in [1.82, 2.24) is 5.32 Å². The Kier molecular flexibility index (Phi) is 6.05. The van der Waals surface area contributed by atoms with Gasteiger partial charge in [-0.05, 0) is 50.5 Å². The van der Waals surface area contributed by atoms with E-state index in [0.29, 0.717) is 0 Å². The standard InChI is InChI=1S/C16H23BrN2O/c1-13-5-2-3-11-19(13)12-4-10-18-16(20)14-6-8-15(17)9-7-14/h6-9,13H,2-5,10-12H2,1H3,(H,18,20)/p+1/t13-/m0/s1. The van der Waals surface area contributed by atoms with Crippen molar-refractivity contribution < 1.29 is 9.69 Å². The normalized spacial score (nSPS) is 22.5. The molecule has 0 aliphatic carbocycles. The number of likely N-dealkylation sites (tertiary alicyclic amines) is 1. The molecule has 0 spiro atoms. The quantitative estimate of drug-likeness (QED) is 0.790. The fourth-order valence-electron chi connectivity index (χ4n) is 2.85. The van der Waals surface area contributed by atoms with Crippen LogP contribution in [0, 0.1) is 0 Å². The topological polar surface area (TPSA) is 33.5 Å². The van der Waals surface area contributed by atoms with Crippen LogP contribution in [-0.2, 0) is 0 Å². The largest absolute Gasteiger partial charge is 0.352 e. The Morgan fingerprint density at radius 1 is 1.35 bits per heavy atom. The molecule has 3 nitrogen and oxygen atoms in total. The predicted octanol–water partition coefficient (Wildman–Crippen LogP) is 2.03. The molecule has 4 heteroatoms. The highest BCUT2D eigenvalue weighted by atomic mass is 79.9. The summed E-state index contributed by atoms with van der Waals surface area (Å²) in [5.41, 5.74) is 0.729. The highest BCUT2D eigenvalue weighted by Gasteiger charge is 2.20. The number of amides is 1. The molecule has 0 bridgehead atoms. The van der Waals surface area contributed by atoms with Crippen LogP contribution in [-0.4, -0.2) is 31.6 Å². The Labute approximate surface area is 129 Å². The summed E-state index contributed by atoms with van der Waals surface area (Å²) in [5.74, 6) is 0.0270. The van der Waals surface area contributed by atoms with E-state index in [1.807, 2.05) is 24.3 Å². The van der Waals surface area contributed by atoms with E-state index in [4.69, 9.17) is 0 Å². The Morgan fingerprint density at radius 3 is 2.80 bits per heavy atom. The molecule has 1 unspecified atom stereocenters. The number of carbonyl (C=O) groups excluding carboxylic acids is 1. The van der Waals surface area contributed by atoms with E-state index in [1.54, 1.807) is 4.90 Å². The van der Waals surface area contributed by atoms with Gasteiger partial charge in [-0.2, -0.15) is 0 Å². The second-order valence-corrected chi connectivity index (χ2v) is 6.59. The van der Waals surface area contributed by atoms with Crippen LogP contribution in [0.5, 0.6) is 0 Å². The number of benzene rings is 1. The first-order chi connectivity index (χ1) is 9.66. The average molecular weight is 340 g/mol. The van der Waals surface area contributed by atoms with Gasteiger partial charge in [0.15, 0.2) is 0 Å². The Hall–Kier alpha value is -0.870. The smallest absolute Gasteiger partial charge is 0.251 e. The SMILES string of the molecule is C[C@H]1CCCC[NH+]1CCCNC(=O)c1ccc(Br)cc1. The molecule has 1 aromatic rings. The molecule has 110 valence electrons. The molecule has 1 aromatic carbocycles. The third-order valence-corrected chi connectivity index (χ3v) is 4.68. The van der Waals surface area contributed by atoms with Gasteiger partial charge in [0.05, 0.1) is 19.1 Å². The number of rotatable bonds is 5. The van der Waals surface area contributed by atoms with E-state index < -0.39 is 0 Å². The van der Waals surface area contributed by atoms with Gasteiger partial charge >= 0.3 is 0 Å². The van der Waals surface area contributed by atoms with Crippen LogP contribution in [0.25, 0.3) is 0 Å². The Balaban J connectivity index is 1.67. The first-order valence-electron chi connectivity index (χ1n) is 7.55. The maximum absolute atomic E-state index is 11.9. The van der Waals surface area contributed by atoms with Crippen LogP contribution >= 0.6 is 15.9 Å². The summed E-state index contributed by atoms with van der Waals surface area (Å²) in [5, 5.41) is 3.01. The number of nitrogens with one attached hydrogen (secondary N) is 2. The van der Waals surface area contributed by atoms with Crippen molar-refractivity contribution >= 4 is 21.8 Å². The lowest BCUT2D eigenvalue weighted by atomic mass is 10.0. The second kappa shape index (κ2) is 7.79. The molecule has 20 heavy (non-hydrogen) atoms. The second-order valence-electron chi connectivity index (χ2n) is 5.67. The maximum atomic E-state index is 11.9. The molecule has 0 radical (unpaired) electrons. The van der Waals surface area contributed by atoms with Gasteiger partial charge < -0.3 is 10.2 Å². The highest BCUT2D eigenvalue weighted by molar-refractivity contribution is 9.10. The number of carbonyl (C=O) groups is 1. The van der Waals surface area contributed by atoms with Crippen LogP contribution in [0.3, 0.4) is 0 Å². The van der Waals surface area contributed by atoms with Gasteiger partial charge in [0.1, 0.15) is 0 Å². The van der Waals surface area contributed by atoms with Crippen LogP contribution in [0.2, 0.25) is 0 Å². The van der Waals surface area contributed by atoms with Crippen LogP contribution in [0.4, 0.5) is 0 Å². The van der Waals surface area contributed by atoms with Crippen molar-refractivity contribution in [3.8, 4) is 0 Å². The lowest BCUT2D eigenvalue weighted by molar-refractivity contribution is -0.928. The molecule has 1 aliphatic heterocycles. The Morgan fingerprint density at radius 2 is 2.10 bits per heavy atom. The van der Waals surface area contributed by atoms with Crippen LogP contribution < -0.4 is 10.2 Å². The van der Waals surface area contributed by atoms with Crippen molar-refractivity contribution in [3.63, 3.8) is 0 Å². The van der Waals surface area contributed by atoms with Crippen molar-refractivity contribution in [2.24, 2.45) is 0 Å². The molecule has 0 saturated carbocycles. The zero-order valence-electron chi connectivity index (χ0n) is 12.1. The summed E-state index contributed by atoms with van der Waals surface area (Å²) in [4.78, 5) is 13.6. The fraction of sp³-hybridized carbons (Fsp3) is 0.562. The molecule has 2 N–H and O–H groups in total. The molecular formula is C16H24BrN2O+. The predicted molar refractivity (Wildman–Crippen MR) is 85.1 cm³/mol. The van der Waals surface area contributed by atoms with Gasteiger partial charge in [-0.3, -0.25) is 4.79 Å². The van der Waals surface area contributed by atoms with E-state index in [0.717, 1.165) is 29.0 Å². The number of hydrogen-bond acceptors (Lipinski definition) is 1. The number of halogens is 1. The first kappa shape index (κ1) is 15.5. The van der Waals surface area contributed by atoms with E-state index >= 15 is 0 Å². The molecule has 2 atom stereocenters. The third kappa shape index (κ3) is 4.60.